The van der Waals surface area contributed by atoms with Crippen LogP contribution in [0.2, 0.25) is 5.15 Å². The van der Waals surface area contributed by atoms with Crippen LogP contribution in [0.25, 0.3) is 16.0 Å². The van der Waals surface area contributed by atoms with Crippen molar-refractivity contribution in [3.05, 3.63) is 74.5 Å². The highest BCUT2D eigenvalue weighted by atomic mass is 35.5. The number of carbonyl (C=O) groups is 1. The van der Waals surface area contributed by atoms with Crippen LogP contribution in [-0.4, -0.2) is 33.8 Å². The van der Waals surface area contributed by atoms with Gasteiger partial charge in [-0.3, -0.25) is 9.36 Å². The van der Waals surface area contributed by atoms with Crippen molar-refractivity contribution in [2.24, 2.45) is 0 Å². The third kappa shape index (κ3) is 3.15. The van der Waals surface area contributed by atoms with Gasteiger partial charge in [0, 0.05) is 11.3 Å². The summed E-state index contributed by atoms with van der Waals surface area (Å²) < 4.78 is 7.26. The summed E-state index contributed by atoms with van der Waals surface area (Å²) in [7, 11) is 0. The topological polar surface area (TPSA) is 84.7 Å². The van der Waals surface area contributed by atoms with Crippen molar-refractivity contribution < 1.29 is 14.6 Å². The highest BCUT2D eigenvalue weighted by molar-refractivity contribution is 7.20. The van der Waals surface area contributed by atoms with Crippen LogP contribution < -0.4 is 15.2 Å². The number of benzene rings is 2. The van der Waals surface area contributed by atoms with E-state index in [1.807, 2.05) is 42.5 Å². The van der Waals surface area contributed by atoms with Crippen LogP contribution in [0.3, 0.4) is 0 Å². The smallest absolute Gasteiger partial charge is 0.346 e. The number of aryl methyl sites for hydroxylation is 1. The Labute approximate surface area is 185 Å². The van der Waals surface area contributed by atoms with E-state index in [9.17, 15) is 14.7 Å². The largest absolute Gasteiger partial charge is 0.490 e. The number of nitrogens with zero attached hydrogens (tertiary/aromatic N) is 3. The second-order valence-corrected chi connectivity index (χ2v) is 8.40. The van der Waals surface area contributed by atoms with Crippen molar-refractivity contribution in [3.63, 3.8) is 0 Å². The van der Waals surface area contributed by atoms with Gasteiger partial charge in [0.1, 0.15) is 22.1 Å². The molecule has 2 aromatic carbocycles. The molecule has 1 aliphatic rings. The number of hydrogen-bond acceptors (Lipinski definition) is 6. The highest BCUT2D eigenvalue weighted by Gasteiger charge is 2.24. The lowest BCUT2D eigenvalue weighted by atomic mass is 10.1. The number of carboxylic acids is 1. The average Bonchev–Trinajstić information content (AvgIpc) is 3.10. The minimum Gasteiger partial charge on any atom is -0.490 e. The van der Waals surface area contributed by atoms with Crippen LogP contribution in [0, 0.1) is 6.92 Å². The lowest BCUT2D eigenvalue weighted by Crippen LogP contribution is -2.29. The zero-order valence-electron chi connectivity index (χ0n) is 16.3. The molecule has 31 heavy (non-hydrogen) atoms. The molecule has 4 aromatic rings. The lowest BCUT2D eigenvalue weighted by molar-refractivity contribution is 0.0701. The van der Waals surface area contributed by atoms with E-state index in [4.69, 9.17) is 16.3 Å². The van der Waals surface area contributed by atoms with Crippen LogP contribution in [0.5, 0.6) is 5.75 Å². The van der Waals surface area contributed by atoms with E-state index in [1.54, 1.807) is 13.0 Å². The Bertz CT molecular complexity index is 1400. The van der Waals surface area contributed by atoms with Gasteiger partial charge in [0.05, 0.1) is 23.4 Å². The summed E-state index contributed by atoms with van der Waals surface area (Å²) in [6.45, 7) is 2.87. The Kier molecular flexibility index (Phi) is 4.68. The summed E-state index contributed by atoms with van der Waals surface area (Å²) in [5.74, 6) is -0.360. The van der Waals surface area contributed by atoms with Gasteiger partial charge in [-0.15, -0.1) is 11.3 Å². The number of aromatic carboxylic acids is 1. The normalized spacial score (nSPS) is 13.2. The minimum atomic E-state index is -1.07. The maximum Gasteiger partial charge on any atom is 0.346 e. The van der Waals surface area contributed by atoms with E-state index in [0.717, 1.165) is 22.7 Å². The SMILES string of the molecule is Cc1c(C(=O)O)sc2nc(Cl)c(=O)n(-c3ccc4c(c3)N(c3ccccc3)CCO4)c12. The molecule has 0 amide bonds. The molecule has 0 fully saturated rings. The van der Waals surface area contributed by atoms with Gasteiger partial charge in [-0.25, -0.2) is 9.78 Å². The standard InChI is InChI=1S/C22H16ClN3O4S/c1-12-17-20(31-18(12)22(28)29)24-19(23)21(27)26(17)14-7-8-16-15(11-14)25(9-10-30-16)13-5-3-2-4-6-13/h2-8,11H,9-10H2,1H3,(H,28,29). The second-order valence-electron chi connectivity index (χ2n) is 7.05. The van der Waals surface area contributed by atoms with Crippen molar-refractivity contribution in [2.45, 2.75) is 6.92 Å². The summed E-state index contributed by atoms with van der Waals surface area (Å²) >= 11 is 7.13. The summed E-state index contributed by atoms with van der Waals surface area (Å²) in [6.07, 6.45) is 0. The molecule has 0 atom stereocenters. The van der Waals surface area contributed by atoms with Gasteiger partial charge >= 0.3 is 5.97 Å². The second kappa shape index (κ2) is 7.40. The molecular weight excluding hydrogens is 438 g/mol. The van der Waals surface area contributed by atoms with Crippen molar-refractivity contribution >= 4 is 50.6 Å². The molecule has 156 valence electrons. The number of carboxylic acid groups (broad SMARTS) is 1. The molecule has 0 unspecified atom stereocenters. The predicted molar refractivity (Wildman–Crippen MR) is 121 cm³/mol. The molecule has 0 aliphatic carbocycles. The average molecular weight is 454 g/mol. The molecular formula is C22H16ClN3O4S. The third-order valence-electron chi connectivity index (χ3n) is 5.23. The van der Waals surface area contributed by atoms with Crippen LogP contribution in [0.4, 0.5) is 11.4 Å². The molecule has 0 spiro atoms. The minimum absolute atomic E-state index is 0.130. The molecule has 9 heteroatoms. The summed E-state index contributed by atoms with van der Waals surface area (Å²) in [5, 5.41) is 9.32. The Hall–Kier alpha value is -3.36. The maximum atomic E-state index is 13.0. The molecule has 2 aromatic heterocycles. The van der Waals surface area contributed by atoms with Crippen LogP contribution in [0.1, 0.15) is 15.2 Å². The highest BCUT2D eigenvalue weighted by Crippen LogP contribution is 2.39. The number of ether oxygens (including phenoxy) is 1. The first kappa shape index (κ1) is 19.6. The van der Waals surface area contributed by atoms with E-state index >= 15 is 0 Å². The van der Waals surface area contributed by atoms with E-state index in [0.29, 0.717) is 40.5 Å². The molecule has 0 bridgehead atoms. The van der Waals surface area contributed by atoms with Gasteiger partial charge in [0.25, 0.3) is 5.56 Å². The molecule has 5 rings (SSSR count). The van der Waals surface area contributed by atoms with Crippen molar-refractivity contribution in [1.82, 2.24) is 9.55 Å². The molecule has 1 aliphatic heterocycles. The van der Waals surface area contributed by atoms with E-state index in [-0.39, 0.29) is 10.0 Å². The van der Waals surface area contributed by atoms with Gasteiger partial charge in [-0.2, -0.15) is 0 Å². The van der Waals surface area contributed by atoms with E-state index in [2.05, 4.69) is 9.88 Å². The first-order valence-electron chi connectivity index (χ1n) is 9.50. The summed E-state index contributed by atoms with van der Waals surface area (Å²) in [4.78, 5) is 31.4. The Morgan fingerprint density at radius 1 is 1.19 bits per heavy atom. The number of thiophene rings is 1. The molecule has 1 N–H and O–H groups in total. The van der Waals surface area contributed by atoms with Gasteiger partial charge in [0.15, 0.2) is 5.15 Å². The Balaban J connectivity index is 1.76. The number of halogens is 1. The Morgan fingerprint density at radius 3 is 2.71 bits per heavy atom. The third-order valence-corrected chi connectivity index (χ3v) is 6.64. The monoisotopic (exact) mass is 453 g/mol. The number of fused-ring (bicyclic) bond motifs is 2. The number of rotatable bonds is 3. The quantitative estimate of drug-likeness (QED) is 0.486. The molecule has 0 radical (unpaired) electrons. The summed E-state index contributed by atoms with van der Waals surface area (Å²) in [5.41, 5.74) is 2.79. The van der Waals surface area contributed by atoms with Crippen molar-refractivity contribution in [3.8, 4) is 11.4 Å². The van der Waals surface area contributed by atoms with Crippen LogP contribution in [-0.2, 0) is 0 Å². The first-order chi connectivity index (χ1) is 15.0. The number of para-hydroxylation sites is 1. The summed E-state index contributed by atoms with van der Waals surface area (Å²) in [6, 6.07) is 15.3. The molecule has 7 nitrogen and oxygen atoms in total. The molecule has 3 heterocycles. The maximum absolute atomic E-state index is 13.0. The van der Waals surface area contributed by atoms with Gasteiger partial charge in [-0.05, 0) is 37.3 Å². The van der Waals surface area contributed by atoms with E-state index < -0.39 is 11.5 Å². The fourth-order valence-corrected chi connectivity index (χ4v) is 5.06. The molecule has 0 saturated carbocycles. The number of aromatic nitrogens is 2. The van der Waals surface area contributed by atoms with Crippen molar-refractivity contribution in [1.29, 1.82) is 0 Å². The Morgan fingerprint density at radius 2 is 1.97 bits per heavy atom. The fraction of sp³-hybridized carbons (Fsp3) is 0.136. The number of anilines is 2. The lowest BCUT2D eigenvalue weighted by Gasteiger charge is -2.31. The first-order valence-corrected chi connectivity index (χ1v) is 10.7. The van der Waals surface area contributed by atoms with E-state index in [1.165, 1.54) is 4.57 Å². The van der Waals surface area contributed by atoms with Crippen LogP contribution in [0.15, 0.2) is 53.3 Å². The van der Waals surface area contributed by atoms with Crippen molar-refractivity contribution in [2.75, 3.05) is 18.1 Å². The zero-order valence-corrected chi connectivity index (χ0v) is 17.9. The van der Waals surface area contributed by atoms with Gasteiger partial charge < -0.3 is 14.7 Å². The van der Waals surface area contributed by atoms with Gasteiger partial charge in [0.2, 0.25) is 0 Å². The number of hydrogen-bond donors (Lipinski definition) is 1. The fourth-order valence-electron chi connectivity index (χ4n) is 3.83. The van der Waals surface area contributed by atoms with Crippen LogP contribution >= 0.6 is 22.9 Å². The van der Waals surface area contributed by atoms with Gasteiger partial charge in [-0.1, -0.05) is 29.8 Å². The zero-order chi connectivity index (χ0) is 21.7. The molecule has 0 saturated heterocycles. The predicted octanol–water partition coefficient (Wildman–Crippen LogP) is 4.64.